The monoisotopic (exact) mass is 214 g/mol. The SMILES string of the molecule is CNCCNC(C)OP(O)(O)=S. The van der Waals surface area contributed by atoms with Crippen molar-refractivity contribution >= 4 is 18.5 Å². The Bertz CT molecular complexity index is 163. The molecule has 0 aromatic rings. The van der Waals surface area contributed by atoms with Gasteiger partial charge in [0.1, 0.15) is 6.23 Å². The lowest BCUT2D eigenvalue weighted by Gasteiger charge is -2.16. The highest BCUT2D eigenvalue weighted by Crippen LogP contribution is 2.37. The largest absolute Gasteiger partial charge is 0.324 e. The van der Waals surface area contributed by atoms with Crippen LogP contribution in [0.3, 0.4) is 0 Å². The minimum Gasteiger partial charge on any atom is -0.324 e. The van der Waals surface area contributed by atoms with Gasteiger partial charge in [0, 0.05) is 13.1 Å². The third-order valence-corrected chi connectivity index (χ3v) is 1.95. The molecule has 0 heterocycles. The van der Waals surface area contributed by atoms with Gasteiger partial charge in [-0.05, 0) is 25.8 Å². The summed E-state index contributed by atoms with van der Waals surface area (Å²) < 4.78 is 4.68. The van der Waals surface area contributed by atoms with Crippen molar-refractivity contribution in [2.45, 2.75) is 13.2 Å². The average molecular weight is 214 g/mol. The zero-order chi connectivity index (χ0) is 9.61. The van der Waals surface area contributed by atoms with Crippen LogP contribution < -0.4 is 10.6 Å². The van der Waals surface area contributed by atoms with Crippen molar-refractivity contribution in [2.75, 3.05) is 20.1 Å². The van der Waals surface area contributed by atoms with E-state index in [0.29, 0.717) is 6.54 Å². The quantitative estimate of drug-likeness (QED) is 0.268. The maximum absolute atomic E-state index is 8.75. The van der Waals surface area contributed by atoms with Gasteiger partial charge in [-0.15, -0.1) is 0 Å². The van der Waals surface area contributed by atoms with Gasteiger partial charge >= 0.3 is 6.72 Å². The minimum absolute atomic E-state index is 0.431. The summed E-state index contributed by atoms with van der Waals surface area (Å²) in [5, 5.41) is 5.82. The predicted molar refractivity (Wildman–Crippen MR) is 51.2 cm³/mol. The van der Waals surface area contributed by atoms with Gasteiger partial charge < -0.3 is 15.1 Å². The Morgan fingerprint density at radius 2 is 2.08 bits per heavy atom. The van der Waals surface area contributed by atoms with Gasteiger partial charge in [-0.3, -0.25) is 9.84 Å². The van der Waals surface area contributed by atoms with E-state index in [-0.39, 0.29) is 0 Å². The first-order chi connectivity index (χ1) is 5.45. The minimum atomic E-state index is -3.52. The Labute approximate surface area is 77.4 Å². The van der Waals surface area contributed by atoms with E-state index in [4.69, 9.17) is 9.79 Å². The van der Waals surface area contributed by atoms with Crippen molar-refractivity contribution in [3.8, 4) is 0 Å². The van der Waals surface area contributed by atoms with Gasteiger partial charge in [-0.2, -0.15) is 0 Å². The van der Waals surface area contributed by atoms with Crippen molar-refractivity contribution in [2.24, 2.45) is 0 Å². The third-order valence-electron chi connectivity index (χ3n) is 1.10. The number of nitrogens with one attached hydrogen (secondary N) is 2. The van der Waals surface area contributed by atoms with E-state index in [1.165, 1.54) is 0 Å². The molecule has 7 heteroatoms. The lowest BCUT2D eigenvalue weighted by molar-refractivity contribution is 0.154. The van der Waals surface area contributed by atoms with Crippen LogP contribution in [0.5, 0.6) is 0 Å². The maximum Gasteiger partial charge on any atom is 0.323 e. The highest BCUT2D eigenvalue weighted by molar-refractivity contribution is 8.06. The molecule has 0 amide bonds. The molecule has 1 atom stereocenters. The van der Waals surface area contributed by atoms with E-state index in [9.17, 15) is 0 Å². The molecule has 5 nitrogen and oxygen atoms in total. The van der Waals surface area contributed by atoms with Crippen LogP contribution in [0.4, 0.5) is 0 Å². The molecular formula is C5H15N2O3PS. The summed E-state index contributed by atoms with van der Waals surface area (Å²) in [5.74, 6) is 0. The van der Waals surface area contributed by atoms with Crippen LogP contribution in [0.15, 0.2) is 0 Å². The molecule has 0 aromatic carbocycles. The molecule has 1 unspecified atom stereocenters. The predicted octanol–water partition coefficient (Wildman–Crippen LogP) is -0.633. The van der Waals surface area contributed by atoms with E-state index in [1.807, 2.05) is 7.05 Å². The summed E-state index contributed by atoms with van der Waals surface area (Å²) in [6.45, 7) is -0.378. The zero-order valence-corrected chi connectivity index (χ0v) is 8.86. The number of rotatable bonds is 6. The lowest BCUT2D eigenvalue weighted by atomic mass is 10.5. The molecule has 0 saturated heterocycles. The van der Waals surface area contributed by atoms with Crippen LogP contribution in [0.1, 0.15) is 6.92 Å². The molecule has 74 valence electrons. The second kappa shape index (κ2) is 5.99. The third kappa shape index (κ3) is 8.55. The van der Waals surface area contributed by atoms with Crippen LogP contribution in [-0.4, -0.2) is 36.2 Å². The Balaban J connectivity index is 3.46. The molecule has 0 fully saturated rings. The van der Waals surface area contributed by atoms with E-state index < -0.39 is 12.9 Å². The molecule has 0 spiro atoms. The van der Waals surface area contributed by atoms with Crippen molar-refractivity contribution in [1.82, 2.24) is 10.6 Å². The van der Waals surface area contributed by atoms with Crippen molar-refractivity contribution in [3.05, 3.63) is 0 Å². The Morgan fingerprint density at radius 1 is 1.50 bits per heavy atom. The van der Waals surface area contributed by atoms with Gasteiger partial charge in [0.25, 0.3) is 0 Å². The highest BCUT2D eigenvalue weighted by atomic mass is 32.5. The second-order valence-corrected chi connectivity index (χ2v) is 4.91. The summed E-state index contributed by atoms with van der Waals surface area (Å²) in [6, 6.07) is 0. The van der Waals surface area contributed by atoms with Gasteiger partial charge in [-0.25, -0.2) is 0 Å². The van der Waals surface area contributed by atoms with Gasteiger partial charge in [0.2, 0.25) is 0 Å². The highest BCUT2D eigenvalue weighted by Gasteiger charge is 2.12. The number of hydrogen-bond donors (Lipinski definition) is 4. The van der Waals surface area contributed by atoms with E-state index in [0.717, 1.165) is 6.54 Å². The van der Waals surface area contributed by atoms with Crippen molar-refractivity contribution in [3.63, 3.8) is 0 Å². The molecular weight excluding hydrogens is 199 g/mol. The fourth-order valence-electron chi connectivity index (χ4n) is 0.644. The second-order valence-electron chi connectivity index (χ2n) is 2.30. The van der Waals surface area contributed by atoms with Crippen molar-refractivity contribution < 1.29 is 14.3 Å². The Kier molecular flexibility index (Phi) is 6.21. The number of hydrogen-bond acceptors (Lipinski definition) is 4. The molecule has 0 radical (unpaired) electrons. The zero-order valence-electron chi connectivity index (χ0n) is 7.15. The van der Waals surface area contributed by atoms with E-state index in [2.05, 4.69) is 27.0 Å². The first-order valence-corrected chi connectivity index (χ1v) is 6.20. The molecule has 0 aliphatic carbocycles. The first-order valence-electron chi connectivity index (χ1n) is 3.57. The topological polar surface area (TPSA) is 73.8 Å². The van der Waals surface area contributed by atoms with Crippen LogP contribution in [0.2, 0.25) is 0 Å². The van der Waals surface area contributed by atoms with Crippen LogP contribution in [0, 0.1) is 0 Å². The normalized spacial score (nSPS) is 14.7. The summed E-state index contributed by atoms with van der Waals surface area (Å²) in [7, 11) is 1.83. The molecule has 0 bridgehead atoms. The summed E-state index contributed by atoms with van der Waals surface area (Å²) in [5.41, 5.74) is 0. The van der Waals surface area contributed by atoms with Crippen molar-refractivity contribution in [1.29, 1.82) is 0 Å². The number of likely N-dealkylation sites (N-methyl/N-ethyl adjacent to an activating group) is 1. The molecule has 0 aliphatic rings. The molecule has 0 saturated carbocycles. The fraction of sp³-hybridized carbons (Fsp3) is 1.00. The molecule has 0 aromatic heterocycles. The Morgan fingerprint density at radius 3 is 2.50 bits per heavy atom. The summed E-state index contributed by atoms with van der Waals surface area (Å²) >= 11 is 4.28. The molecule has 0 rings (SSSR count). The first kappa shape index (κ1) is 12.4. The van der Waals surface area contributed by atoms with Crippen LogP contribution in [0.25, 0.3) is 0 Å². The fourth-order valence-corrected chi connectivity index (χ4v) is 1.52. The van der Waals surface area contributed by atoms with Crippen LogP contribution >= 0.6 is 6.72 Å². The van der Waals surface area contributed by atoms with E-state index in [1.54, 1.807) is 6.92 Å². The standard InChI is InChI=1S/C5H15N2O3PS/c1-5(7-4-3-6-2)10-11(8,9)12/h5-7H,3-4H2,1-2H3,(H2,8,9,12). The average Bonchev–Trinajstić information content (AvgIpc) is 1.84. The summed E-state index contributed by atoms with van der Waals surface area (Å²) in [4.78, 5) is 17.5. The van der Waals surface area contributed by atoms with E-state index >= 15 is 0 Å². The molecule has 12 heavy (non-hydrogen) atoms. The lowest BCUT2D eigenvalue weighted by Crippen LogP contribution is -2.33. The maximum atomic E-state index is 8.75. The van der Waals surface area contributed by atoms with Gasteiger partial charge in [0.05, 0.1) is 0 Å². The van der Waals surface area contributed by atoms with Gasteiger partial charge in [0.15, 0.2) is 0 Å². The Hall–Kier alpha value is 0.450. The molecule has 4 N–H and O–H groups in total. The van der Waals surface area contributed by atoms with Gasteiger partial charge in [-0.1, -0.05) is 0 Å². The molecule has 0 aliphatic heterocycles. The summed E-state index contributed by atoms with van der Waals surface area (Å²) in [6.07, 6.45) is -0.431. The smallest absolute Gasteiger partial charge is 0.323 e. The van der Waals surface area contributed by atoms with Crippen LogP contribution in [-0.2, 0) is 16.3 Å².